The van der Waals surface area contributed by atoms with Gasteiger partial charge in [-0.2, -0.15) is 8.42 Å². The van der Waals surface area contributed by atoms with Gasteiger partial charge in [0, 0.05) is 6.07 Å². The fraction of sp³-hybridized carbons (Fsp3) is 0.143. The maximum absolute atomic E-state index is 10.5. The topological polar surface area (TPSA) is 83.8 Å². The van der Waals surface area contributed by atoms with Crippen molar-refractivity contribution in [1.29, 1.82) is 0 Å². The average molecular weight is 296 g/mol. The molecule has 2 aromatic carbocycles. The first-order valence-electron chi connectivity index (χ1n) is 5.70. The van der Waals surface area contributed by atoms with Crippen LogP contribution in [0.25, 0.3) is 0 Å². The lowest BCUT2D eigenvalue weighted by atomic mass is 10.2. The predicted octanol–water partition coefficient (Wildman–Crippen LogP) is 2.64. The first kappa shape index (κ1) is 16.0. The van der Waals surface area contributed by atoms with E-state index in [4.69, 9.17) is 14.4 Å². The highest BCUT2D eigenvalue weighted by Crippen LogP contribution is 2.16. The zero-order valence-electron chi connectivity index (χ0n) is 11.1. The van der Waals surface area contributed by atoms with Crippen molar-refractivity contribution in [3.63, 3.8) is 0 Å². The van der Waals surface area contributed by atoms with Gasteiger partial charge in [-0.05, 0) is 31.2 Å². The van der Waals surface area contributed by atoms with Crippen LogP contribution in [0.3, 0.4) is 0 Å². The summed E-state index contributed by atoms with van der Waals surface area (Å²) in [6.07, 6.45) is 0. The number of phenolic OH excluding ortho intramolecular Hbond substituents is 1. The number of ether oxygens (including phenoxy) is 1. The predicted molar refractivity (Wildman–Crippen MR) is 75.7 cm³/mol. The molecule has 0 saturated carbocycles. The number of benzene rings is 2. The van der Waals surface area contributed by atoms with Gasteiger partial charge in [0.15, 0.2) is 0 Å². The molecule has 0 aromatic heterocycles. The molecule has 0 bridgehead atoms. The van der Waals surface area contributed by atoms with Gasteiger partial charge in [-0.25, -0.2) is 0 Å². The SMILES string of the molecule is COc1cccc(O)c1.Cc1ccc(S(=O)(=O)O)cc1. The molecule has 0 radical (unpaired) electrons. The van der Waals surface area contributed by atoms with Crippen LogP contribution < -0.4 is 4.74 Å². The summed E-state index contributed by atoms with van der Waals surface area (Å²) < 4.78 is 34.4. The Labute approximate surface area is 118 Å². The third-order valence-electron chi connectivity index (χ3n) is 2.37. The number of hydrogen-bond donors (Lipinski definition) is 2. The molecule has 0 saturated heterocycles. The van der Waals surface area contributed by atoms with Crippen molar-refractivity contribution in [3.8, 4) is 11.5 Å². The molecule has 0 amide bonds. The van der Waals surface area contributed by atoms with E-state index in [0.717, 1.165) is 5.56 Å². The third-order valence-corrected chi connectivity index (χ3v) is 3.24. The van der Waals surface area contributed by atoms with Gasteiger partial charge in [-0.3, -0.25) is 4.55 Å². The molecular weight excluding hydrogens is 280 g/mol. The maximum Gasteiger partial charge on any atom is 0.294 e. The lowest BCUT2D eigenvalue weighted by Gasteiger charge is -1.97. The number of rotatable bonds is 2. The minimum absolute atomic E-state index is 0.0666. The van der Waals surface area contributed by atoms with Crippen molar-refractivity contribution in [2.45, 2.75) is 11.8 Å². The fourth-order valence-corrected chi connectivity index (χ4v) is 1.80. The number of aryl methyl sites for hydroxylation is 1. The summed E-state index contributed by atoms with van der Waals surface area (Å²) in [4.78, 5) is -0.0666. The molecule has 0 aliphatic rings. The van der Waals surface area contributed by atoms with E-state index in [0.29, 0.717) is 5.75 Å². The molecule has 0 unspecified atom stereocenters. The Morgan fingerprint density at radius 2 is 1.65 bits per heavy atom. The lowest BCUT2D eigenvalue weighted by Crippen LogP contribution is -1.96. The summed E-state index contributed by atoms with van der Waals surface area (Å²) in [6, 6.07) is 12.7. The van der Waals surface area contributed by atoms with Crippen molar-refractivity contribution in [2.75, 3.05) is 7.11 Å². The molecule has 2 rings (SSSR count). The van der Waals surface area contributed by atoms with Crippen LogP contribution in [0, 0.1) is 6.92 Å². The molecule has 108 valence electrons. The Kier molecular flexibility index (Phi) is 5.54. The zero-order valence-corrected chi connectivity index (χ0v) is 12.0. The number of aromatic hydroxyl groups is 1. The Morgan fingerprint density at radius 1 is 1.05 bits per heavy atom. The number of phenols is 1. The first-order valence-corrected chi connectivity index (χ1v) is 7.14. The van der Waals surface area contributed by atoms with Crippen LogP contribution in [0.4, 0.5) is 0 Å². The van der Waals surface area contributed by atoms with E-state index in [1.165, 1.54) is 12.1 Å². The Bertz CT molecular complexity index is 648. The van der Waals surface area contributed by atoms with E-state index in [1.54, 1.807) is 43.5 Å². The highest BCUT2D eigenvalue weighted by molar-refractivity contribution is 7.85. The zero-order chi connectivity index (χ0) is 15.2. The molecular formula is C14H16O5S. The third kappa shape index (κ3) is 5.29. The Morgan fingerprint density at radius 3 is 2.05 bits per heavy atom. The summed E-state index contributed by atoms with van der Waals surface area (Å²) >= 11 is 0. The van der Waals surface area contributed by atoms with Gasteiger partial charge in [0.05, 0.1) is 12.0 Å². The van der Waals surface area contributed by atoms with Crippen LogP contribution >= 0.6 is 0 Å². The molecule has 6 heteroatoms. The van der Waals surface area contributed by atoms with Crippen molar-refractivity contribution >= 4 is 10.1 Å². The second-order valence-electron chi connectivity index (χ2n) is 3.99. The number of methoxy groups -OCH3 is 1. The van der Waals surface area contributed by atoms with Gasteiger partial charge in [0.25, 0.3) is 10.1 Å². The molecule has 2 N–H and O–H groups in total. The fourth-order valence-electron chi connectivity index (χ4n) is 1.32. The molecule has 5 nitrogen and oxygen atoms in total. The second kappa shape index (κ2) is 6.93. The van der Waals surface area contributed by atoms with Gasteiger partial charge in [-0.15, -0.1) is 0 Å². The summed E-state index contributed by atoms with van der Waals surface area (Å²) in [5.41, 5.74) is 0.956. The smallest absolute Gasteiger partial charge is 0.294 e. The summed E-state index contributed by atoms with van der Waals surface area (Å²) in [5, 5.41) is 8.86. The van der Waals surface area contributed by atoms with Crippen molar-refractivity contribution in [2.24, 2.45) is 0 Å². The van der Waals surface area contributed by atoms with E-state index in [9.17, 15) is 8.42 Å². The molecule has 0 aliphatic carbocycles. The molecule has 0 heterocycles. The van der Waals surface area contributed by atoms with Gasteiger partial charge in [-0.1, -0.05) is 23.8 Å². The molecule has 0 fully saturated rings. The molecule has 0 aliphatic heterocycles. The van der Waals surface area contributed by atoms with Crippen LogP contribution in [0.1, 0.15) is 5.56 Å². The minimum Gasteiger partial charge on any atom is -0.508 e. The second-order valence-corrected chi connectivity index (χ2v) is 5.41. The Hall–Kier alpha value is -2.05. The monoisotopic (exact) mass is 296 g/mol. The van der Waals surface area contributed by atoms with E-state index < -0.39 is 10.1 Å². The van der Waals surface area contributed by atoms with Crippen molar-refractivity contribution in [1.82, 2.24) is 0 Å². The summed E-state index contributed by atoms with van der Waals surface area (Å²) in [5.74, 6) is 0.907. The quantitative estimate of drug-likeness (QED) is 0.832. The first-order chi connectivity index (χ1) is 9.32. The van der Waals surface area contributed by atoms with E-state index in [1.807, 2.05) is 6.92 Å². The van der Waals surface area contributed by atoms with Crippen LogP contribution in [-0.4, -0.2) is 25.2 Å². The Balaban J connectivity index is 0.000000204. The van der Waals surface area contributed by atoms with Crippen molar-refractivity contribution < 1.29 is 22.8 Å². The van der Waals surface area contributed by atoms with Crippen LogP contribution in [-0.2, 0) is 10.1 Å². The van der Waals surface area contributed by atoms with E-state index in [2.05, 4.69) is 0 Å². The molecule has 2 aromatic rings. The number of hydrogen-bond acceptors (Lipinski definition) is 4. The van der Waals surface area contributed by atoms with Crippen LogP contribution in [0.15, 0.2) is 53.4 Å². The van der Waals surface area contributed by atoms with Crippen molar-refractivity contribution in [3.05, 3.63) is 54.1 Å². The summed E-state index contributed by atoms with van der Waals surface area (Å²) in [6.45, 7) is 1.84. The summed E-state index contributed by atoms with van der Waals surface area (Å²) in [7, 11) is -2.46. The van der Waals surface area contributed by atoms with E-state index >= 15 is 0 Å². The maximum atomic E-state index is 10.5. The normalized spacial score (nSPS) is 10.3. The average Bonchev–Trinajstić information content (AvgIpc) is 2.39. The van der Waals surface area contributed by atoms with E-state index in [-0.39, 0.29) is 10.6 Å². The van der Waals surface area contributed by atoms with Gasteiger partial charge >= 0.3 is 0 Å². The standard InChI is InChI=1S/C7H8O3S.C7H8O2/c1-6-2-4-7(5-3-6)11(8,9)10;1-9-7-4-2-3-6(8)5-7/h2-5H,1H3,(H,8,9,10);2-5,8H,1H3. The highest BCUT2D eigenvalue weighted by Gasteiger charge is 2.06. The van der Waals surface area contributed by atoms with Gasteiger partial charge < -0.3 is 9.84 Å². The lowest BCUT2D eigenvalue weighted by molar-refractivity contribution is 0.407. The van der Waals surface area contributed by atoms with Gasteiger partial charge in [0.1, 0.15) is 11.5 Å². The highest BCUT2D eigenvalue weighted by atomic mass is 32.2. The molecule has 20 heavy (non-hydrogen) atoms. The van der Waals surface area contributed by atoms with Gasteiger partial charge in [0.2, 0.25) is 0 Å². The molecule has 0 spiro atoms. The van der Waals surface area contributed by atoms with Crippen LogP contribution in [0.2, 0.25) is 0 Å². The molecule has 0 atom stereocenters. The minimum atomic E-state index is -4.02. The van der Waals surface area contributed by atoms with Crippen LogP contribution in [0.5, 0.6) is 11.5 Å². The largest absolute Gasteiger partial charge is 0.508 e.